The van der Waals surface area contributed by atoms with Gasteiger partial charge in [0, 0.05) is 17.6 Å². The quantitative estimate of drug-likeness (QED) is 0.895. The number of piperidine rings is 1. The minimum absolute atomic E-state index is 0. The van der Waals surface area contributed by atoms with Crippen molar-refractivity contribution in [3.63, 3.8) is 0 Å². The Morgan fingerprint density at radius 3 is 2.79 bits per heavy atom. The average Bonchev–Trinajstić information content (AvgIpc) is 2.33. The molecule has 108 valence electrons. The molecular formula is C12H18Cl2N2O2S. The Labute approximate surface area is 125 Å². The van der Waals surface area contributed by atoms with Crippen molar-refractivity contribution in [2.75, 3.05) is 13.1 Å². The van der Waals surface area contributed by atoms with Crippen molar-refractivity contribution in [1.82, 2.24) is 10.0 Å². The minimum Gasteiger partial charge on any atom is -0.315 e. The summed E-state index contributed by atoms with van der Waals surface area (Å²) in [5.74, 6) is 0. The normalized spacial score (nSPS) is 19.8. The molecule has 2 N–H and O–H groups in total. The van der Waals surface area contributed by atoms with Crippen LogP contribution < -0.4 is 10.0 Å². The molecule has 1 aliphatic rings. The lowest BCUT2D eigenvalue weighted by Gasteiger charge is -2.24. The molecule has 0 spiro atoms. The fourth-order valence-electron chi connectivity index (χ4n) is 2.11. The van der Waals surface area contributed by atoms with Crippen LogP contribution >= 0.6 is 24.0 Å². The molecule has 7 heteroatoms. The molecule has 1 aromatic carbocycles. The number of rotatable bonds is 3. The van der Waals surface area contributed by atoms with E-state index in [0.29, 0.717) is 17.1 Å². The van der Waals surface area contributed by atoms with E-state index in [-0.39, 0.29) is 23.3 Å². The Morgan fingerprint density at radius 1 is 1.42 bits per heavy atom. The molecule has 19 heavy (non-hydrogen) atoms. The van der Waals surface area contributed by atoms with Crippen LogP contribution in [0.2, 0.25) is 5.02 Å². The third-order valence-corrected chi connectivity index (χ3v) is 5.20. The smallest absolute Gasteiger partial charge is 0.241 e. The predicted octanol–water partition coefficient (Wildman–Crippen LogP) is 2.10. The SMILES string of the molecule is Cc1c(Cl)cccc1S(=O)(=O)N[C@H]1CCCNC1.Cl. The van der Waals surface area contributed by atoms with Gasteiger partial charge in [0.15, 0.2) is 0 Å². The molecule has 1 atom stereocenters. The predicted molar refractivity (Wildman–Crippen MR) is 79.7 cm³/mol. The van der Waals surface area contributed by atoms with Crippen LogP contribution in [0, 0.1) is 6.92 Å². The van der Waals surface area contributed by atoms with Gasteiger partial charge in [0.25, 0.3) is 0 Å². The maximum Gasteiger partial charge on any atom is 0.241 e. The summed E-state index contributed by atoms with van der Waals surface area (Å²) in [6.45, 7) is 3.35. The van der Waals surface area contributed by atoms with Crippen LogP contribution in [0.5, 0.6) is 0 Å². The summed E-state index contributed by atoms with van der Waals surface area (Å²) in [5, 5.41) is 3.65. The Balaban J connectivity index is 0.00000180. The summed E-state index contributed by atoms with van der Waals surface area (Å²) < 4.78 is 27.3. The van der Waals surface area contributed by atoms with E-state index in [1.54, 1.807) is 25.1 Å². The number of hydrogen-bond acceptors (Lipinski definition) is 3. The molecule has 0 saturated carbocycles. The first kappa shape index (κ1) is 16.7. The summed E-state index contributed by atoms with van der Waals surface area (Å²) in [6, 6.07) is 4.89. The van der Waals surface area contributed by atoms with Crippen LogP contribution in [-0.4, -0.2) is 27.5 Å². The topological polar surface area (TPSA) is 58.2 Å². The number of nitrogens with one attached hydrogen (secondary N) is 2. The van der Waals surface area contributed by atoms with Gasteiger partial charge >= 0.3 is 0 Å². The molecule has 1 saturated heterocycles. The highest BCUT2D eigenvalue weighted by molar-refractivity contribution is 7.89. The van der Waals surface area contributed by atoms with E-state index in [1.807, 2.05) is 0 Å². The van der Waals surface area contributed by atoms with Crippen molar-refractivity contribution in [2.24, 2.45) is 0 Å². The highest BCUT2D eigenvalue weighted by Gasteiger charge is 2.23. The van der Waals surface area contributed by atoms with Gasteiger partial charge in [0.1, 0.15) is 0 Å². The molecule has 1 heterocycles. The minimum atomic E-state index is -3.49. The molecular weight excluding hydrogens is 307 g/mol. The van der Waals surface area contributed by atoms with Gasteiger partial charge in [0.2, 0.25) is 10.0 Å². The second-order valence-corrected chi connectivity index (χ2v) is 6.62. The van der Waals surface area contributed by atoms with Crippen molar-refractivity contribution < 1.29 is 8.42 Å². The number of hydrogen-bond donors (Lipinski definition) is 2. The van der Waals surface area contributed by atoms with E-state index in [0.717, 1.165) is 19.4 Å². The van der Waals surface area contributed by atoms with Crippen LogP contribution in [-0.2, 0) is 10.0 Å². The van der Waals surface area contributed by atoms with E-state index in [4.69, 9.17) is 11.6 Å². The van der Waals surface area contributed by atoms with Crippen LogP contribution in [0.4, 0.5) is 0 Å². The van der Waals surface area contributed by atoms with Gasteiger partial charge in [-0.05, 0) is 44.0 Å². The Morgan fingerprint density at radius 2 is 2.16 bits per heavy atom. The zero-order chi connectivity index (χ0) is 13.2. The monoisotopic (exact) mass is 324 g/mol. The van der Waals surface area contributed by atoms with Gasteiger partial charge in [-0.25, -0.2) is 13.1 Å². The number of benzene rings is 1. The van der Waals surface area contributed by atoms with E-state index in [2.05, 4.69) is 10.0 Å². The molecule has 2 rings (SSSR count). The Kier molecular flexibility index (Phi) is 6.08. The van der Waals surface area contributed by atoms with Crippen LogP contribution in [0.1, 0.15) is 18.4 Å². The van der Waals surface area contributed by atoms with Crippen molar-refractivity contribution in [2.45, 2.75) is 30.7 Å². The van der Waals surface area contributed by atoms with Crippen molar-refractivity contribution in [1.29, 1.82) is 0 Å². The lowest BCUT2D eigenvalue weighted by Crippen LogP contribution is -2.45. The number of sulfonamides is 1. The van der Waals surface area contributed by atoms with Crippen molar-refractivity contribution >= 4 is 34.0 Å². The summed E-state index contributed by atoms with van der Waals surface area (Å²) in [5.41, 5.74) is 0.593. The maximum atomic E-state index is 12.3. The highest BCUT2D eigenvalue weighted by Crippen LogP contribution is 2.23. The van der Waals surface area contributed by atoms with Gasteiger partial charge in [-0.1, -0.05) is 17.7 Å². The highest BCUT2D eigenvalue weighted by atomic mass is 35.5. The van der Waals surface area contributed by atoms with E-state index >= 15 is 0 Å². The third kappa shape index (κ3) is 4.07. The average molecular weight is 325 g/mol. The molecule has 0 bridgehead atoms. The van der Waals surface area contributed by atoms with E-state index in [9.17, 15) is 8.42 Å². The third-order valence-electron chi connectivity index (χ3n) is 3.13. The Hall–Kier alpha value is -0.330. The molecule has 1 fully saturated rings. The van der Waals surface area contributed by atoms with Crippen molar-refractivity contribution in [3.8, 4) is 0 Å². The van der Waals surface area contributed by atoms with Gasteiger partial charge in [0.05, 0.1) is 4.90 Å². The molecule has 0 amide bonds. The van der Waals surface area contributed by atoms with E-state index < -0.39 is 10.0 Å². The van der Waals surface area contributed by atoms with Gasteiger partial charge in [-0.2, -0.15) is 0 Å². The van der Waals surface area contributed by atoms with Crippen LogP contribution in [0.15, 0.2) is 23.1 Å². The molecule has 1 aromatic rings. The van der Waals surface area contributed by atoms with E-state index in [1.165, 1.54) is 0 Å². The summed E-state index contributed by atoms with van der Waals surface area (Å²) >= 11 is 5.96. The van der Waals surface area contributed by atoms with Crippen LogP contribution in [0.25, 0.3) is 0 Å². The molecule has 0 radical (unpaired) electrons. The largest absolute Gasteiger partial charge is 0.315 e. The lowest BCUT2D eigenvalue weighted by atomic mass is 10.1. The fraction of sp³-hybridized carbons (Fsp3) is 0.500. The zero-order valence-electron chi connectivity index (χ0n) is 10.6. The zero-order valence-corrected chi connectivity index (χ0v) is 13.0. The number of halogens is 2. The lowest BCUT2D eigenvalue weighted by molar-refractivity contribution is 0.428. The first-order valence-corrected chi connectivity index (χ1v) is 7.85. The second kappa shape index (κ2) is 6.90. The fourth-order valence-corrected chi connectivity index (χ4v) is 3.88. The summed E-state index contributed by atoms with van der Waals surface area (Å²) in [7, 11) is -3.49. The summed E-state index contributed by atoms with van der Waals surface area (Å²) in [4.78, 5) is 0.264. The molecule has 1 aliphatic heterocycles. The van der Waals surface area contributed by atoms with Gasteiger partial charge < -0.3 is 5.32 Å². The van der Waals surface area contributed by atoms with Gasteiger partial charge in [-0.3, -0.25) is 0 Å². The Bertz CT molecular complexity index is 529. The van der Waals surface area contributed by atoms with Crippen molar-refractivity contribution in [3.05, 3.63) is 28.8 Å². The first-order valence-electron chi connectivity index (χ1n) is 5.99. The van der Waals surface area contributed by atoms with Gasteiger partial charge in [-0.15, -0.1) is 12.4 Å². The molecule has 0 aliphatic carbocycles. The molecule has 0 unspecified atom stereocenters. The van der Waals surface area contributed by atoms with Crippen LogP contribution in [0.3, 0.4) is 0 Å². The standard InChI is InChI=1S/C12H17ClN2O2S.ClH/c1-9-11(13)5-2-6-12(9)18(16,17)15-10-4-3-7-14-8-10;/h2,5-6,10,14-15H,3-4,7-8H2,1H3;1H/t10-;/m0./s1. The molecule has 0 aromatic heterocycles. The summed E-state index contributed by atoms with van der Waals surface area (Å²) in [6.07, 6.45) is 1.85. The second-order valence-electron chi connectivity index (χ2n) is 4.53. The maximum absolute atomic E-state index is 12.3. The molecule has 4 nitrogen and oxygen atoms in total. The first-order chi connectivity index (χ1) is 8.50.